The van der Waals surface area contributed by atoms with Gasteiger partial charge in [0.1, 0.15) is 5.76 Å². The minimum Gasteiger partial charge on any atom is -0.449 e. The molecule has 0 saturated carbocycles. The first kappa shape index (κ1) is 6.33. The van der Waals surface area contributed by atoms with Gasteiger partial charge in [-0.25, -0.2) is 4.98 Å². The van der Waals surface area contributed by atoms with Crippen LogP contribution in [0.3, 0.4) is 0 Å². The summed E-state index contributed by atoms with van der Waals surface area (Å²) in [6, 6.07) is 0. The highest BCUT2D eigenvalue weighted by atomic mass is 16.3. The summed E-state index contributed by atoms with van der Waals surface area (Å²) in [5.74, 6) is 0.957. The predicted octanol–water partition coefficient (Wildman–Crippen LogP) is 1.83. The van der Waals surface area contributed by atoms with E-state index in [0.717, 1.165) is 25.0 Å². The topological polar surface area (TPSA) is 26.0 Å². The number of nitrogens with zero attached hydrogens (tertiary/aromatic N) is 1. The molecule has 0 aliphatic heterocycles. The van der Waals surface area contributed by atoms with Crippen molar-refractivity contribution in [1.82, 2.24) is 4.98 Å². The van der Waals surface area contributed by atoms with Crippen LogP contribution >= 0.6 is 0 Å². The van der Waals surface area contributed by atoms with Crippen molar-refractivity contribution >= 4 is 0 Å². The van der Waals surface area contributed by atoms with Crippen LogP contribution in [-0.4, -0.2) is 4.98 Å². The Labute approximate surface area is 54.9 Å². The van der Waals surface area contributed by atoms with Crippen LogP contribution in [0.25, 0.3) is 0 Å². The molecule has 0 N–H and O–H groups in total. The molecule has 0 unspecified atom stereocenters. The summed E-state index contributed by atoms with van der Waals surface area (Å²) in [6.07, 6.45) is 6.20. The Morgan fingerprint density at radius 2 is 2.56 bits per heavy atom. The zero-order valence-corrected chi connectivity index (χ0v) is 5.34. The molecule has 0 aromatic carbocycles. The predicted molar refractivity (Wildman–Crippen MR) is 34.8 cm³/mol. The molecule has 1 aromatic rings. The molecule has 0 aliphatic carbocycles. The molecule has 0 aliphatic rings. The Morgan fingerprint density at radius 3 is 3.11 bits per heavy atom. The van der Waals surface area contributed by atoms with Crippen molar-refractivity contribution in [1.29, 1.82) is 0 Å². The van der Waals surface area contributed by atoms with Crippen LogP contribution in [0.15, 0.2) is 17.0 Å². The Hall–Kier alpha value is -0.790. The highest BCUT2D eigenvalue weighted by Gasteiger charge is 1.92. The third-order valence-corrected chi connectivity index (χ3v) is 1.16. The van der Waals surface area contributed by atoms with Crippen LogP contribution in [-0.2, 0) is 6.42 Å². The zero-order valence-electron chi connectivity index (χ0n) is 5.34. The highest BCUT2D eigenvalue weighted by molar-refractivity contribution is 4.87. The van der Waals surface area contributed by atoms with Gasteiger partial charge < -0.3 is 4.42 Å². The number of rotatable bonds is 3. The number of oxazole rings is 1. The van der Waals surface area contributed by atoms with Crippen LogP contribution in [0, 0.1) is 6.92 Å². The van der Waals surface area contributed by atoms with Crippen molar-refractivity contribution in [2.24, 2.45) is 0 Å². The van der Waals surface area contributed by atoms with Crippen molar-refractivity contribution < 1.29 is 4.42 Å². The summed E-state index contributed by atoms with van der Waals surface area (Å²) in [6.45, 7) is 3.72. The molecule has 0 amide bonds. The Bertz CT molecular complexity index is 146. The summed E-state index contributed by atoms with van der Waals surface area (Å²) in [5.41, 5.74) is 0. The summed E-state index contributed by atoms with van der Waals surface area (Å²) >= 11 is 0. The lowest BCUT2D eigenvalue weighted by Crippen LogP contribution is -1.78. The Morgan fingerprint density at radius 1 is 1.67 bits per heavy atom. The maximum Gasteiger partial charge on any atom is 0.180 e. The average Bonchev–Trinajstić information content (AvgIpc) is 2.34. The Kier molecular flexibility index (Phi) is 2.31. The number of hydrogen-bond donors (Lipinski definition) is 0. The molecule has 0 fully saturated rings. The van der Waals surface area contributed by atoms with Crippen LogP contribution in [0.5, 0.6) is 0 Å². The van der Waals surface area contributed by atoms with Gasteiger partial charge in [-0.1, -0.05) is 13.3 Å². The summed E-state index contributed by atoms with van der Waals surface area (Å²) < 4.78 is 5.00. The van der Waals surface area contributed by atoms with Gasteiger partial charge in [0.2, 0.25) is 0 Å². The minimum absolute atomic E-state index is 0.957. The molecule has 2 nitrogen and oxygen atoms in total. The van der Waals surface area contributed by atoms with E-state index in [1.165, 1.54) is 6.39 Å². The number of aryl methyl sites for hydroxylation is 1. The summed E-state index contributed by atoms with van der Waals surface area (Å²) in [5, 5.41) is 0. The number of aromatic nitrogens is 1. The molecule has 0 atom stereocenters. The van der Waals surface area contributed by atoms with Gasteiger partial charge in [0.25, 0.3) is 0 Å². The quantitative estimate of drug-likeness (QED) is 0.614. The molecule has 1 rings (SSSR count). The lowest BCUT2D eigenvalue weighted by molar-refractivity contribution is 0.497. The van der Waals surface area contributed by atoms with Crippen LogP contribution < -0.4 is 0 Å². The Balaban J connectivity index is 2.30. The van der Waals surface area contributed by atoms with Gasteiger partial charge in [0.15, 0.2) is 6.39 Å². The molecular weight excluding hydrogens is 114 g/mol. The fraction of sp³-hybridized carbons (Fsp3) is 0.429. The standard InChI is InChI=1S/C7H10NO/c1-2-3-4-7-5-8-6-9-7/h5-6H,1-4H2. The van der Waals surface area contributed by atoms with Crippen LogP contribution in [0.2, 0.25) is 0 Å². The van der Waals surface area contributed by atoms with E-state index in [9.17, 15) is 0 Å². The van der Waals surface area contributed by atoms with Gasteiger partial charge in [-0.15, -0.1) is 0 Å². The second-order valence-electron chi connectivity index (χ2n) is 1.92. The van der Waals surface area contributed by atoms with Crippen molar-refractivity contribution in [3.8, 4) is 0 Å². The first-order valence-electron chi connectivity index (χ1n) is 3.10. The van der Waals surface area contributed by atoms with E-state index < -0.39 is 0 Å². The van der Waals surface area contributed by atoms with Crippen LogP contribution in [0.4, 0.5) is 0 Å². The van der Waals surface area contributed by atoms with Gasteiger partial charge >= 0.3 is 0 Å². The molecule has 49 valence electrons. The fourth-order valence-corrected chi connectivity index (χ4v) is 0.665. The molecule has 9 heavy (non-hydrogen) atoms. The van der Waals surface area contributed by atoms with Crippen molar-refractivity contribution in [3.05, 3.63) is 25.3 Å². The molecule has 1 aromatic heterocycles. The van der Waals surface area contributed by atoms with Gasteiger partial charge in [0.05, 0.1) is 6.20 Å². The van der Waals surface area contributed by atoms with Crippen molar-refractivity contribution in [3.63, 3.8) is 0 Å². The van der Waals surface area contributed by atoms with E-state index in [2.05, 4.69) is 11.9 Å². The maximum absolute atomic E-state index is 5.00. The molecule has 0 saturated heterocycles. The van der Waals surface area contributed by atoms with Crippen molar-refractivity contribution in [2.45, 2.75) is 19.3 Å². The second kappa shape index (κ2) is 3.28. The minimum atomic E-state index is 0.957. The summed E-state index contributed by atoms with van der Waals surface area (Å²) in [4.78, 5) is 3.79. The van der Waals surface area contributed by atoms with E-state index in [1.54, 1.807) is 6.20 Å². The smallest absolute Gasteiger partial charge is 0.180 e. The molecule has 2 heteroatoms. The third-order valence-electron chi connectivity index (χ3n) is 1.16. The third kappa shape index (κ3) is 1.88. The first-order valence-corrected chi connectivity index (χ1v) is 3.10. The highest BCUT2D eigenvalue weighted by Crippen LogP contribution is 2.01. The monoisotopic (exact) mass is 124 g/mol. The largest absolute Gasteiger partial charge is 0.449 e. The van der Waals surface area contributed by atoms with Gasteiger partial charge in [-0.05, 0) is 6.42 Å². The maximum atomic E-state index is 5.00. The normalized spacial score (nSPS) is 9.89. The molecule has 1 radical (unpaired) electrons. The number of unbranched alkanes of at least 4 members (excludes halogenated alkanes) is 1. The van der Waals surface area contributed by atoms with E-state index in [-0.39, 0.29) is 0 Å². The van der Waals surface area contributed by atoms with E-state index in [1.807, 2.05) is 0 Å². The SMILES string of the molecule is [CH2]CCCc1cnco1. The van der Waals surface area contributed by atoms with Crippen LogP contribution in [0.1, 0.15) is 18.6 Å². The first-order chi connectivity index (χ1) is 4.43. The van der Waals surface area contributed by atoms with Gasteiger partial charge in [-0.3, -0.25) is 0 Å². The molecule has 0 bridgehead atoms. The molecule has 0 spiro atoms. The van der Waals surface area contributed by atoms with Crippen molar-refractivity contribution in [2.75, 3.05) is 0 Å². The fourth-order valence-electron chi connectivity index (χ4n) is 0.665. The number of hydrogen-bond acceptors (Lipinski definition) is 2. The van der Waals surface area contributed by atoms with Gasteiger partial charge in [-0.2, -0.15) is 0 Å². The van der Waals surface area contributed by atoms with E-state index >= 15 is 0 Å². The zero-order chi connectivity index (χ0) is 6.53. The summed E-state index contributed by atoms with van der Waals surface area (Å²) in [7, 11) is 0. The lowest BCUT2D eigenvalue weighted by Gasteiger charge is -1.88. The lowest BCUT2D eigenvalue weighted by atomic mass is 10.2. The van der Waals surface area contributed by atoms with E-state index in [4.69, 9.17) is 4.42 Å². The second-order valence-corrected chi connectivity index (χ2v) is 1.92. The van der Waals surface area contributed by atoms with Gasteiger partial charge in [0, 0.05) is 6.42 Å². The van der Waals surface area contributed by atoms with E-state index in [0.29, 0.717) is 0 Å². The molecule has 1 heterocycles. The molecular formula is C7H10NO. The average molecular weight is 124 g/mol.